The van der Waals surface area contributed by atoms with Crippen molar-refractivity contribution in [1.82, 2.24) is 15.2 Å². The van der Waals surface area contributed by atoms with Crippen molar-refractivity contribution >= 4 is 17.5 Å². The molecule has 2 aliphatic rings. The Labute approximate surface area is 112 Å². The zero-order valence-electron chi connectivity index (χ0n) is 10.4. The zero-order chi connectivity index (χ0) is 12.7. The highest BCUT2D eigenvalue weighted by Crippen LogP contribution is 2.31. The van der Waals surface area contributed by atoms with Crippen LogP contribution in [0.5, 0.6) is 0 Å². The predicted molar refractivity (Wildman–Crippen MR) is 70.8 cm³/mol. The number of rotatable bonds is 3. The second-order valence-electron chi connectivity index (χ2n) is 5.47. The number of hydrogen-bond acceptors (Lipinski definition) is 2. The third-order valence-electron chi connectivity index (χ3n) is 3.91. The molecule has 3 rings (SSSR count). The summed E-state index contributed by atoms with van der Waals surface area (Å²) >= 11 is 5.80. The van der Waals surface area contributed by atoms with E-state index in [0.717, 1.165) is 19.1 Å². The van der Waals surface area contributed by atoms with Crippen LogP contribution >= 0.6 is 11.6 Å². The molecule has 0 spiro atoms. The molecular formula is C13H18ClN3O. The largest absolute Gasteiger partial charge is 0.356 e. The molecule has 98 valence electrons. The maximum Gasteiger partial charge on any atom is 0.268 e. The standard InChI is InChI=1S/C13H18ClN3O/c1-8-6-17(10-2-3-10)7-12(8)16-13(18)11-4-9(14)5-15-11/h4-5,8,10,12,15H,2-3,6-7H2,1H3,(H,16,18). The van der Waals surface area contributed by atoms with Crippen LogP contribution in [-0.2, 0) is 0 Å². The van der Waals surface area contributed by atoms with Crippen LogP contribution in [0.4, 0.5) is 0 Å². The maximum absolute atomic E-state index is 12.0. The molecule has 2 fully saturated rings. The third kappa shape index (κ3) is 2.40. The van der Waals surface area contributed by atoms with E-state index in [-0.39, 0.29) is 11.9 Å². The number of nitrogens with one attached hydrogen (secondary N) is 2. The van der Waals surface area contributed by atoms with E-state index in [1.54, 1.807) is 12.3 Å². The lowest BCUT2D eigenvalue weighted by molar-refractivity contribution is 0.0927. The molecule has 2 N–H and O–H groups in total. The third-order valence-corrected chi connectivity index (χ3v) is 4.13. The van der Waals surface area contributed by atoms with Gasteiger partial charge in [0.05, 0.1) is 5.02 Å². The van der Waals surface area contributed by atoms with Crippen LogP contribution in [-0.4, -0.2) is 41.0 Å². The Bertz CT molecular complexity index is 455. The highest BCUT2D eigenvalue weighted by molar-refractivity contribution is 6.30. The molecule has 2 atom stereocenters. The van der Waals surface area contributed by atoms with Crippen LogP contribution in [0.25, 0.3) is 0 Å². The highest BCUT2D eigenvalue weighted by Gasteiger charge is 2.38. The minimum atomic E-state index is -0.0589. The molecule has 5 heteroatoms. The van der Waals surface area contributed by atoms with Gasteiger partial charge in [0.15, 0.2) is 0 Å². The topological polar surface area (TPSA) is 48.1 Å². The lowest BCUT2D eigenvalue weighted by Crippen LogP contribution is -2.40. The molecule has 1 amide bonds. The fraction of sp³-hybridized carbons (Fsp3) is 0.615. The number of carbonyl (C=O) groups excluding carboxylic acids is 1. The van der Waals surface area contributed by atoms with Crippen molar-refractivity contribution in [2.24, 2.45) is 5.92 Å². The smallest absolute Gasteiger partial charge is 0.268 e. The molecule has 0 radical (unpaired) electrons. The van der Waals surface area contributed by atoms with Gasteiger partial charge in [-0.2, -0.15) is 0 Å². The van der Waals surface area contributed by atoms with Crippen molar-refractivity contribution < 1.29 is 4.79 Å². The van der Waals surface area contributed by atoms with Crippen LogP contribution < -0.4 is 5.32 Å². The fourth-order valence-corrected chi connectivity index (χ4v) is 2.84. The number of aromatic amines is 1. The molecular weight excluding hydrogens is 250 g/mol. The molecule has 1 saturated heterocycles. The molecule has 18 heavy (non-hydrogen) atoms. The zero-order valence-corrected chi connectivity index (χ0v) is 11.2. The Morgan fingerprint density at radius 2 is 2.28 bits per heavy atom. The van der Waals surface area contributed by atoms with Gasteiger partial charge in [-0.1, -0.05) is 18.5 Å². The molecule has 1 aliphatic heterocycles. The summed E-state index contributed by atoms with van der Waals surface area (Å²) in [4.78, 5) is 17.4. The molecule has 2 unspecified atom stereocenters. The van der Waals surface area contributed by atoms with E-state index in [0.29, 0.717) is 16.6 Å². The Morgan fingerprint density at radius 3 is 2.89 bits per heavy atom. The van der Waals surface area contributed by atoms with Gasteiger partial charge >= 0.3 is 0 Å². The summed E-state index contributed by atoms with van der Waals surface area (Å²) in [7, 11) is 0. The molecule has 4 nitrogen and oxygen atoms in total. The van der Waals surface area contributed by atoms with Gasteiger partial charge in [-0.25, -0.2) is 0 Å². The number of aromatic nitrogens is 1. The first-order valence-corrected chi connectivity index (χ1v) is 6.90. The number of likely N-dealkylation sites (tertiary alicyclic amines) is 1. The molecule has 0 bridgehead atoms. The summed E-state index contributed by atoms with van der Waals surface area (Å²) in [6.07, 6.45) is 4.27. The highest BCUT2D eigenvalue weighted by atomic mass is 35.5. The van der Waals surface area contributed by atoms with Gasteiger partial charge in [0.2, 0.25) is 0 Å². The van der Waals surface area contributed by atoms with Crippen molar-refractivity contribution in [1.29, 1.82) is 0 Å². The number of halogens is 1. The van der Waals surface area contributed by atoms with Crippen molar-refractivity contribution in [2.75, 3.05) is 13.1 Å². The van der Waals surface area contributed by atoms with E-state index < -0.39 is 0 Å². The van der Waals surface area contributed by atoms with E-state index in [9.17, 15) is 4.79 Å². The first kappa shape index (κ1) is 12.1. The normalized spacial score (nSPS) is 28.6. The van der Waals surface area contributed by atoms with E-state index in [4.69, 9.17) is 11.6 Å². The lowest BCUT2D eigenvalue weighted by Gasteiger charge is -2.16. The summed E-state index contributed by atoms with van der Waals surface area (Å²) < 4.78 is 0. The number of nitrogens with zero attached hydrogens (tertiary/aromatic N) is 1. The molecule has 1 aromatic heterocycles. The summed E-state index contributed by atoms with van der Waals surface area (Å²) in [5, 5.41) is 3.67. The average Bonchev–Trinajstić information content (AvgIpc) is 3.00. The van der Waals surface area contributed by atoms with Gasteiger partial charge in [0.1, 0.15) is 5.69 Å². The van der Waals surface area contributed by atoms with Crippen molar-refractivity contribution in [3.8, 4) is 0 Å². The fourth-order valence-electron chi connectivity index (χ4n) is 2.68. The van der Waals surface area contributed by atoms with Crippen molar-refractivity contribution in [2.45, 2.75) is 31.8 Å². The number of carbonyl (C=O) groups is 1. The molecule has 1 saturated carbocycles. The molecule has 1 aromatic rings. The summed E-state index contributed by atoms with van der Waals surface area (Å²) in [6, 6.07) is 2.68. The van der Waals surface area contributed by atoms with E-state index in [2.05, 4.69) is 22.1 Å². The number of amides is 1. The maximum atomic E-state index is 12.0. The molecule has 2 heterocycles. The van der Waals surface area contributed by atoms with Crippen LogP contribution in [0.2, 0.25) is 5.02 Å². The first-order chi connectivity index (χ1) is 8.63. The van der Waals surface area contributed by atoms with Crippen LogP contribution in [0.3, 0.4) is 0 Å². The van der Waals surface area contributed by atoms with Crippen molar-refractivity contribution in [3.63, 3.8) is 0 Å². The minimum Gasteiger partial charge on any atom is -0.356 e. The van der Waals surface area contributed by atoms with Gasteiger partial charge in [-0.05, 0) is 24.8 Å². The summed E-state index contributed by atoms with van der Waals surface area (Å²) in [5.41, 5.74) is 0.539. The van der Waals surface area contributed by atoms with Gasteiger partial charge in [-0.3, -0.25) is 9.69 Å². The number of hydrogen-bond donors (Lipinski definition) is 2. The van der Waals surface area contributed by atoms with Gasteiger partial charge in [-0.15, -0.1) is 0 Å². The first-order valence-electron chi connectivity index (χ1n) is 6.52. The van der Waals surface area contributed by atoms with Gasteiger partial charge in [0.25, 0.3) is 5.91 Å². The Kier molecular flexibility index (Phi) is 3.08. The second-order valence-corrected chi connectivity index (χ2v) is 5.91. The van der Waals surface area contributed by atoms with Gasteiger partial charge in [0, 0.05) is 31.4 Å². The quantitative estimate of drug-likeness (QED) is 0.879. The van der Waals surface area contributed by atoms with E-state index >= 15 is 0 Å². The molecule has 0 aromatic carbocycles. The minimum absolute atomic E-state index is 0.0589. The Hall–Kier alpha value is -1.00. The van der Waals surface area contributed by atoms with Crippen LogP contribution in [0.1, 0.15) is 30.3 Å². The van der Waals surface area contributed by atoms with E-state index in [1.807, 2.05) is 0 Å². The summed E-state index contributed by atoms with van der Waals surface area (Å²) in [6.45, 7) is 4.28. The van der Waals surface area contributed by atoms with E-state index in [1.165, 1.54) is 12.8 Å². The lowest BCUT2D eigenvalue weighted by atomic mass is 10.1. The second kappa shape index (κ2) is 4.59. The predicted octanol–water partition coefficient (Wildman–Crippen LogP) is 1.88. The van der Waals surface area contributed by atoms with Crippen LogP contribution in [0.15, 0.2) is 12.3 Å². The summed E-state index contributed by atoms with van der Waals surface area (Å²) in [5.74, 6) is 0.455. The monoisotopic (exact) mass is 267 g/mol. The average molecular weight is 268 g/mol. The Balaban J connectivity index is 1.60. The van der Waals surface area contributed by atoms with Gasteiger partial charge < -0.3 is 10.3 Å². The Morgan fingerprint density at radius 1 is 1.50 bits per heavy atom. The molecule has 1 aliphatic carbocycles. The number of H-pyrrole nitrogens is 1. The van der Waals surface area contributed by atoms with Crippen LogP contribution in [0, 0.1) is 5.92 Å². The van der Waals surface area contributed by atoms with Crippen molar-refractivity contribution in [3.05, 3.63) is 23.0 Å². The SMILES string of the molecule is CC1CN(C2CC2)CC1NC(=O)c1cc(Cl)c[nH]1.